The molecule has 4 nitrogen and oxygen atoms in total. The predicted octanol–water partition coefficient (Wildman–Crippen LogP) is 2.17. The van der Waals surface area contributed by atoms with Gasteiger partial charge in [0.25, 0.3) is 0 Å². The highest BCUT2D eigenvalue weighted by Crippen LogP contribution is 2.13. The Balaban J connectivity index is 2.48. The highest BCUT2D eigenvalue weighted by molar-refractivity contribution is 5.92. The molecule has 0 saturated heterocycles. The molecule has 0 saturated carbocycles. The second kappa shape index (κ2) is 6.66. The molecule has 1 rings (SSSR count). The average Bonchev–Trinajstić information content (AvgIpc) is 2.29. The molecule has 0 aliphatic heterocycles. The van der Waals surface area contributed by atoms with Crippen LogP contribution in [0.2, 0.25) is 0 Å². The van der Waals surface area contributed by atoms with Crippen molar-refractivity contribution >= 4 is 11.6 Å². The standard InChI is InChI=1S/C13H16N2O2/c1-10(2)8-17-9-13(16)15-12-6-4-3-5-11(12)7-14/h3-6,10H,8-9H2,1-2H3,(H,15,16). The Bertz CT molecular complexity index is 422. The second-order valence-electron chi connectivity index (χ2n) is 4.11. The van der Waals surface area contributed by atoms with E-state index in [-0.39, 0.29) is 12.5 Å². The van der Waals surface area contributed by atoms with Crippen molar-refractivity contribution in [1.82, 2.24) is 0 Å². The molecule has 0 unspecified atom stereocenters. The fourth-order valence-corrected chi connectivity index (χ4v) is 1.26. The minimum atomic E-state index is -0.242. The number of hydrogen-bond donors (Lipinski definition) is 1. The monoisotopic (exact) mass is 232 g/mol. The van der Waals surface area contributed by atoms with E-state index < -0.39 is 0 Å². The lowest BCUT2D eigenvalue weighted by atomic mass is 10.2. The maximum atomic E-state index is 11.5. The Labute approximate surface area is 101 Å². The van der Waals surface area contributed by atoms with Gasteiger partial charge >= 0.3 is 0 Å². The fraction of sp³-hybridized carbons (Fsp3) is 0.385. The second-order valence-corrected chi connectivity index (χ2v) is 4.11. The summed E-state index contributed by atoms with van der Waals surface area (Å²) in [6.45, 7) is 4.59. The van der Waals surface area contributed by atoms with E-state index >= 15 is 0 Å². The largest absolute Gasteiger partial charge is 0.371 e. The molecule has 0 aliphatic carbocycles. The molecule has 1 aromatic rings. The molecule has 0 radical (unpaired) electrons. The quantitative estimate of drug-likeness (QED) is 0.846. The molecule has 17 heavy (non-hydrogen) atoms. The number of amides is 1. The summed E-state index contributed by atoms with van der Waals surface area (Å²) < 4.78 is 5.21. The first kappa shape index (κ1) is 13.2. The minimum absolute atomic E-state index is 0.0118. The predicted molar refractivity (Wildman–Crippen MR) is 65.4 cm³/mol. The summed E-state index contributed by atoms with van der Waals surface area (Å²) in [6, 6.07) is 8.89. The summed E-state index contributed by atoms with van der Waals surface area (Å²) >= 11 is 0. The number of ether oxygens (including phenoxy) is 1. The summed E-state index contributed by atoms with van der Waals surface area (Å²) in [5.41, 5.74) is 0.970. The van der Waals surface area contributed by atoms with Crippen molar-refractivity contribution in [2.24, 2.45) is 5.92 Å². The third-order valence-corrected chi connectivity index (χ3v) is 2.01. The molecule has 1 aromatic carbocycles. The van der Waals surface area contributed by atoms with E-state index in [9.17, 15) is 4.79 Å². The van der Waals surface area contributed by atoms with Crippen LogP contribution in [0.5, 0.6) is 0 Å². The van der Waals surface area contributed by atoms with E-state index in [0.717, 1.165) is 0 Å². The number of carbonyl (C=O) groups excluding carboxylic acids is 1. The SMILES string of the molecule is CC(C)COCC(=O)Nc1ccccc1C#N. The smallest absolute Gasteiger partial charge is 0.250 e. The van der Waals surface area contributed by atoms with Crippen LogP contribution >= 0.6 is 0 Å². The molecule has 4 heteroatoms. The number of carbonyl (C=O) groups is 1. The van der Waals surface area contributed by atoms with Crippen molar-refractivity contribution < 1.29 is 9.53 Å². The first-order chi connectivity index (χ1) is 8.13. The number of anilines is 1. The van der Waals surface area contributed by atoms with Gasteiger partial charge in [-0.05, 0) is 18.1 Å². The van der Waals surface area contributed by atoms with Crippen LogP contribution in [0.3, 0.4) is 0 Å². The van der Waals surface area contributed by atoms with E-state index in [1.807, 2.05) is 19.9 Å². The van der Waals surface area contributed by atoms with Crippen LogP contribution in [0.25, 0.3) is 0 Å². The molecule has 1 amide bonds. The number of nitrogens with zero attached hydrogens (tertiary/aromatic N) is 1. The number of rotatable bonds is 5. The number of nitriles is 1. The molecular weight excluding hydrogens is 216 g/mol. The van der Waals surface area contributed by atoms with Crippen molar-refractivity contribution in [1.29, 1.82) is 5.26 Å². The zero-order valence-corrected chi connectivity index (χ0v) is 10.1. The van der Waals surface area contributed by atoms with Crippen molar-refractivity contribution in [3.8, 4) is 6.07 Å². The van der Waals surface area contributed by atoms with Crippen LogP contribution in [0.4, 0.5) is 5.69 Å². The van der Waals surface area contributed by atoms with Gasteiger partial charge in [0, 0.05) is 6.61 Å². The summed E-state index contributed by atoms with van der Waals surface area (Å²) in [7, 11) is 0. The van der Waals surface area contributed by atoms with Crippen LogP contribution in [-0.4, -0.2) is 19.1 Å². The van der Waals surface area contributed by atoms with E-state index in [4.69, 9.17) is 10.00 Å². The van der Waals surface area contributed by atoms with E-state index in [1.54, 1.807) is 24.3 Å². The van der Waals surface area contributed by atoms with E-state index in [0.29, 0.717) is 23.8 Å². The molecule has 0 heterocycles. The minimum Gasteiger partial charge on any atom is -0.371 e. The van der Waals surface area contributed by atoms with Crippen LogP contribution in [-0.2, 0) is 9.53 Å². The van der Waals surface area contributed by atoms with Crippen molar-refractivity contribution in [3.63, 3.8) is 0 Å². The molecule has 0 bridgehead atoms. The number of benzene rings is 1. The van der Waals surface area contributed by atoms with Crippen LogP contribution in [0.1, 0.15) is 19.4 Å². The van der Waals surface area contributed by atoms with Gasteiger partial charge in [-0.2, -0.15) is 5.26 Å². The first-order valence-electron chi connectivity index (χ1n) is 5.50. The molecule has 0 atom stereocenters. The third-order valence-electron chi connectivity index (χ3n) is 2.01. The number of hydrogen-bond acceptors (Lipinski definition) is 3. The van der Waals surface area contributed by atoms with Gasteiger partial charge in [-0.15, -0.1) is 0 Å². The number of nitrogens with one attached hydrogen (secondary N) is 1. The zero-order chi connectivity index (χ0) is 12.7. The summed E-state index contributed by atoms with van der Waals surface area (Å²) in [6.07, 6.45) is 0. The average molecular weight is 232 g/mol. The van der Waals surface area contributed by atoms with Crippen molar-refractivity contribution in [2.75, 3.05) is 18.5 Å². The zero-order valence-electron chi connectivity index (χ0n) is 10.1. The topological polar surface area (TPSA) is 62.1 Å². The Morgan fingerprint density at radius 1 is 1.47 bits per heavy atom. The maximum Gasteiger partial charge on any atom is 0.250 e. The van der Waals surface area contributed by atoms with Gasteiger partial charge in [0.05, 0.1) is 11.3 Å². The molecule has 0 aromatic heterocycles. The van der Waals surface area contributed by atoms with Gasteiger partial charge in [0.1, 0.15) is 12.7 Å². The highest BCUT2D eigenvalue weighted by Gasteiger charge is 2.06. The van der Waals surface area contributed by atoms with Crippen LogP contribution in [0, 0.1) is 17.2 Å². The number of para-hydroxylation sites is 1. The lowest BCUT2D eigenvalue weighted by molar-refractivity contribution is -0.120. The lowest BCUT2D eigenvalue weighted by Gasteiger charge is -2.08. The highest BCUT2D eigenvalue weighted by atomic mass is 16.5. The molecule has 0 aliphatic rings. The van der Waals surface area contributed by atoms with E-state index in [2.05, 4.69) is 5.32 Å². The normalized spacial score (nSPS) is 10.0. The van der Waals surface area contributed by atoms with Crippen LogP contribution < -0.4 is 5.32 Å². The van der Waals surface area contributed by atoms with Gasteiger partial charge in [0.15, 0.2) is 0 Å². The first-order valence-corrected chi connectivity index (χ1v) is 5.50. The molecular formula is C13H16N2O2. The summed E-state index contributed by atoms with van der Waals surface area (Å²) in [5.74, 6) is 0.155. The maximum absolute atomic E-state index is 11.5. The van der Waals surface area contributed by atoms with Gasteiger partial charge in [-0.3, -0.25) is 4.79 Å². The Kier molecular flexibility index (Phi) is 5.18. The summed E-state index contributed by atoms with van der Waals surface area (Å²) in [4.78, 5) is 11.5. The lowest BCUT2D eigenvalue weighted by Crippen LogP contribution is -2.20. The molecule has 90 valence electrons. The fourth-order valence-electron chi connectivity index (χ4n) is 1.26. The van der Waals surface area contributed by atoms with Gasteiger partial charge in [0.2, 0.25) is 5.91 Å². The van der Waals surface area contributed by atoms with Crippen molar-refractivity contribution in [2.45, 2.75) is 13.8 Å². The van der Waals surface area contributed by atoms with Gasteiger partial charge in [-0.25, -0.2) is 0 Å². The molecule has 0 spiro atoms. The van der Waals surface area contributed by atoms with E-state index in [1.165, 1.54) is 0 Å². The Hall–Kier alpha value is -1.86. The molecule has 0 fully saturated rings. The summed E-state index contributed by atoms with van der Waals surface area (Å²) in [5, 5.41) is 11.5. The van der Waals surface area contributed by atoms with Gasteiger partial charge in [-0.1, -0.05) is 26.0 Å². The Morgan fingerprint density at radius 3 is 2.82 bits per heavy atom. The van der Waals surface area contributed by atoms with Crippen LogP contribution in [0.15, 0.2) is 24.3 Å². The third kappa shape index (κ3) is 4.66. The van der Waals surface area contributed by atoms with Crippen molar-refractivity contribution in [3.05, 3.63) is 29.8 Å². The Morgan fingerprint density at radius 2 is 2.18 bits per heavy atom. The molecule has 1 N–H and O–H groups in total. The van der Waals surface area contributed by atoms with Gasteiger partial charge < -0.3 is 10.1 Å².